The first-order valence-electron chi connectivity index (χ1n) is 21.8. The zero-order chi connectivity index (χ0) is 46.6. The van der Waals surface area contributed by atoms with E-state index in [-0.39, 0.29) is 74.9 Å². The van der Waals surface area contributed by atoms with Crippen LogP contribution in [0.5, 0.6) is 0 Å². The molecule has 0 saturated carbocycles. The highest BCUT2D eigenvalue weighted by atomic mass is 35.5. The normalized spacial score (nSPS) is 27.7. The number of hydrogen-bond acceptors (Lipinski definition) is 9. The second-order valence-electron chi connectivity index (χ2n) is 18.3. The maximum atomic E-state index is 14.9. The molecule has 16 nitrogen and oxygen atoms in total. The molecule has 4 heterocycles. The Morgan fingerprint density at radius 2 is 1.68 bits per heavy atom. The number of benzene rings is 1. The smallest absolute Gasteiger partial charge is 0.246 e. The van der Waals surface area contributed by atoms with E-state index in [2.05, 4.69) is 16.0 Å². The predicted octanol–water partition coefficient (Wildman–Crippen LogP) is 2.67. The molecule has 7 amide bonds. The van der Waals surface area contributed by atoms with Crippen molar-refractivity contribution in [3.63, 3.8) is 0 Å². The third-order valence-electron chi connectivity index (χ3n) is 13.0. The lowest BCUT2D eigenvalue weighted by atomic mass is 9.82. The number of hydrogen-bond donors (Lipinski definition) is 3. The van der Waals surface area contributed by atoms with Gasteiger partial charge in [0.15, 0.2) is 0 Å². The van der Waals surface area contributed by atoms with Crippen LogP contribution in [0.3, 0.4) is 0 Å². The van der Waals surface area contributed by atoms with Gasteiger partial charge >= 0.3 is 0 Å². The summed E-state index contributed by atoms with van der Waals surface area (Å²) in [5.74, 6) is -4.45. The standard InChI is InChI=1S/C43H62Cl2FN7O9S/c1-25(2)20-31-40(58)51(6)35(22-27-21-28(44)12-13-30(27)45)41(59)52-17-9-11-33(52)36(54)47-16-8-7-10-32(37(55)49-31)50(5)39(57)26(3)48-38(56)34-23-29(46)24-53(34)42(60)43(4)14-18-63(61,62)19-15-43/h12-13,21,25-26,29,31-35H,7-11,14-20,22-24H2,1-6H3,(H,47,54)(H,48,56)(H,49,55)/t26-,29+,31-,32-,33+,34-,35-/m0/s1. The molecule has 20 heteroatoms. The van der Waals surface area contributed by atoms with Crippen LogP contribution in [0.25, 0.3) is 0 Å². The van der Waals surface area contributed by atoms with Crippen molar-refractivity contribution in [2.24, 2.45) is 11.3 Å². The van der Waals surface area contributed by atoms with Crippen LogP contribution in [0.15, 0.2) is 18.2 Å². The predicted molar refractivity (Wildman–Crippen MR) is 235 cm³/mol. The minimum atomic E-state index is -3.30. The molecule has 3 N–H and O–H groups in total. The zero-order valence-corrected chi connectivity index (χ0v) is 39.3. The number of fused-ring (bicyclic) bond motifs is 1. The first-order valence-corrected chi connectivity index (χ1v) is 24.4. The summed E-state index contributed by atoms with van der Waals surface area (Å²) in [6.45, 7) is 6.98. The highest BCUT2D eigenvalue weighted by Crippen LogP contribution is 2.37. The Hall–Kier alpha value is -4.03. The van der Waals surface area contributed by atoms with E-state index in [0.717, 1.165) is 4.90 Å². The van der Waals surface area contributed by atoms with Crippen LogP contribution in [-0.2, 0) is 49.8 Å². The molecule has 0 aromatic heterocycles. The first-order chi connectivity index (χ1) is 29.5. The summed E-state index contributed by atoms with van der Waals surface area (Å²) in [5.41, 5.74) is -0.591. The van der Waals surface area contributed by atoms with Gasteiger partial charge in [-0.05, 0) is 88.0 Å². The van der Waals surface area contributed by atoms with Gasteiger partial charge in [0, 0.05) is 55.5 Å². The Kier molecular flexibility index (Phi) is 16.5. The van der Waals surface area contributed by atoms with E-state index in [1.807, 2.05) is 13.8 Å². The number of nitrogens with one attached hydrogen (secondary N) is 3. The lowest BCUT2D eigenvalue weighted by Gasteiger charge is -2.37. The Morgan fingerprint density at radius 3 is 2.35 bits per heavy atom. The van der Waals surface area contributed by atoms with Gasteiger partial charge in [0.25, 0.3) is 0 Å². The third-order valence-corrected chi connectivity index (χ3v) is 15.2. The Balaban J connectivity index is 1.37. The van der Waals surface area contributed by atoms with Crippen molar-refractivity contribution in [3.05, 3.63) is 33.8 Å². The molecule has 4 aliphatic rings. The number of likely N-dealkylation sites (tertiary alicyclic amines) is 1. The van der Waals surface area contributed by atoms with Crippen LogP contribution >= 0.6 is 23.2 Å². The van der Waals surface area contributed by atoms with E-state index in [9.17, 15) is 46.4 Å². The fourth-order valence-electron chi connectivity index (χ4n) is 9.08. The van der Waals surface area contributed by atoms with E-state index >= 15 is 0 Å². The van der Waals surface area contributed by atoms with Gasteiger partial charge in [0.05, 0.1) is 18.1 Å². The summed E-state index contributed by atoms with van der Waals surface area (Å²) in [6, 6.07) is -1.84. The van der Waals surface area contributed by atoms with Gasteiger partial charge in [-0.1, -0.05) is 44.0 Å². The van der Waals surface area contributed by atoms with Crippen molar-refractivity contribution in [3.8, 4) is 0 Å². The Morgan fingerprint density at radius 1 is 1.00 bits per heavy atom. The molecule has 7 atom stereocenters. The molecule has 63 heavy (non-hydrogen) atoms. The summed E-state index contributed by atoms with van der Waals surface area (Å²) >= 11 is 12.9. The average molecular weight is 943 g/mol. The number of amides is 7. The minimum absolute atomic E-state index is 0.0282. The van der Waals surface area contributed by atoms with Gasteiger partial charge in [-0.25, -0.2) is 12.8 Å². The summed E-state index contributed by atoms with van der Waals surface area (Å²) in [7, 11) is -0.430. The molecule has 4 saturated heterocycles. The number of carbonyl (C=O) groups is 7. The Bertz CT molecular complexity index is 2030. The van der Waals surface area contributed by atoms with Gasteiger partial charge < -0.3 is 35.6 Å². The van der Waals surface area contributed by atoms with E-state index in [1.165, 1.54) is 35.7 Å². The lowest BCUT2D eigenvalue weighted by Crippen LogP contribution is -2.60. The average Bonchev–Trinajstić information content (AvgIpc) is 3.88. The van der Waals surface area contributed by atoms with Crippen LogP contribution in [0.4, 0.5) is 4.39 Å². The van der Waals surface area contributed by atoms with Crippen molar-refractivity contribution in [1.82, 2.24) is 35.6 Å². The summed E-state index contributed by atoms with van der Waals surface area (Å²) in [6.07, 6.45) is 0.344. The molecule has 5 rings (SSSR count). The van der Waals surface area contributed by atoms with Crippen molar-refractivity contribution in [2.75, 3.05) is 45.2 Å². The first kappa shape index (κ1) is 50.0. The number of sulfone groups is 1. The van der Waals surface area contributed by atoms with Crippen molar-refractivity contribution >= 4 is 74.4 Å². The van der Waals surface area contributed by atoms with E-state index in [0.29, 0.717) is 47.8 Å². The summed E-state index contributed by atoms with van der Waals surface area (Å²) in [4.78, 5) is 104. The molecule has 1 aromatic carbocycles. The van der Waals surface area contributed by atoms with Crippen LogP contribution < -0.4 is 16.0 Å². The molecule has 0 spiro atoms. The molecule has 1 aromatic rings. The van der Waals surface area contributed by atoms with Gasteiger partial charge in [-0.3, -0.25) is 33.6 Å². The molecule has 0 bridgehead atoms. The molecular weight excluding hydrogens is 880 g/mol. The highest BCUT2D eigenvalue weighted by Gasteiger charge is 2.49. The fourth-order valence-corrected chi connectivity index (χ4v) is 11.2. The molecule has 0 aliphatic carbocycles. The number of alkyl halides is 1. The number of likely N-dealkylation sites (N-methyl/N-ethyl adjacent to an activating group) is 2. The largest absolute Gasteiger partial charge is 0.354 e. The molecule has 4 aliphatic heterocycles. The van der Waals surface area contributed by atoms with E-state index in [4.69, 9.17) is 23.2 Å². The van der Waals surface area contributed by atoms with Gasteiger partial charge in [0.2, 0.25) is 41.4 Å². The second-order valence-corrected chi connectivity index (χ2v) is 21.4. The fraction of sp³-hybridized carbons (Fsp3) is 0.698. The molecule has 0 unspecified atom stereocenters. The van der Waals surface area contributed by atoms with Gasteiger partial charge in [-0.2, -0.15) is 0 Å². The summed E-state index contributed by atoms with van der Waals surface area (Å²) in [5, 5.41) is 9.11. The maximum absolute atomic E-state index is 14.9. The summed E-state index contributed by atoms with van der Waals surface area (Å²) < 4.78 is 39.1. The van der Waals surface area contributed by atoms with Crippen LogP contribution in [0.1, 0.15) is 91.0 Å². The molecule has 4 fully saturated rings. The number of nitrogens with zero attached hydrogens (tertiary/aromatic N) is 4. The zero-order valence-electron chi connectivity index (χ0n) is 37.0. The Labute approximate surface area is 379 Å². The second kappa shape index (κ2) is 20.9. The van der Waals surface area contributed by atoms with Crippen molar-refractivity contribution in [1.29, 1.82) is 0 Å². The van der Waals surface area contributed by atoms with E-state index in [1.54, 1.807) is 25.1 Å². The van der Waals surface area contributed by atoms with Crippen molar-refractivity contribution in [2.45, 2.75) is 134 Å². The number of rotatable bonds is 9. The van der Waals surface area contributed by atoms with Gasteiger partial charge in [0.1, 0.15) is 52.3 Å². The number of carbonyl (C=O) groups excluding carboxylic acids is 7. The van der Waals surface area contributed by atoms with Crippen LogP contribution in [-0.4, -0.2) is 157 Å². The number of halogens is 3. The monoisotopic (exact) mass is 941 g/mol. The van der Waals surface area contributed by atoms with Crippen molar-refractivity contribution < 1.29 is 46.4 Å². The maximum Gasteiger partial charge on any atom is 0.246 e. The molecular formula is C43H62Cl2FN7O9S. The lowest BCUT2D eigenvalue weighted by molar-refractivity contribution is -0.149. The topological polar surface area (TPSA) is 203 Å². The van der Waals surface area contributed by atoms with E-state index < -0.39 is 93.1 Å². The molecule has 350 valence electrons. The third kappa shape index (κ3) is 12.0. The van der Waals surface area contributed by atoms with Gasteiger partial charge in [-0.15, -0.1) is 0 Å². The quantitative estimate of drug-likeness (QED) is 0.333. The minimum Gasteiger partial charge on any atom is -0.354 e. The molecule has 0 radical (unpaired) electrons. The van der Waals surface area contributed by atoms with Crippen LogP contribution in [0, 0.1) is 11.3 Å². The van der Waals surface area contributed by atoms with Crippen LogP contribution in [0.2, 0.25) is 10.0 Å². The SMILES string of the molecule is CC(C)C[C@@H]1NC(=O)[C@@H](N(C)C(=O)[C@H](C)NC(=O)[C@@H]2C[C@@H](F)CN2C(=O)C2(C)CCS(=O)(=O)CC2)CCCCNC(=O)[C@H]2CCCN2C(=O)[C@H](Cc2cc(Cl)ccc2Cl)N(C)C1=O. The highest BCUT2D eigenvalue weighted by molar-refractivity contribution is 7.91.